The minimum atomic E-state index is -0.874. The Hall–Kier alpha value is -1.73. The van der Waals surface area contributed by atoms with Crippen molar-refractivity contribution in [3.05, 3.63) is 27.4 Å². The molecule has 2 aromatic rings. The molecule has 0 radical (unpaired) electrons. The monoisotopic (exact) mass is 336 g/mol. The van der Waals surface area contributed by atoms with E-state index in [1.165, 1.54) is 4.88 Å². The number of nitrogens with zero attached hydrogens (tertiary/aromatic N) is 1. The molecule has 1 fully saturated rings. The molecule has 0 aliphatic heterocycles. The first-order valence-electron chi connectivity index (χ1n) is 7.06. The van der Waals surface area contributed by atoms with Crippen molar-refractivity contribution in [2.45, 2.75) is 19.8 Å². The normalized spacial score (nSPS) is 19.9. The zero-order valence-corrected chi connectivity index (χ0v) is 13.7. The third-order valence-corrected chi connectivity index (χ3v) is 5.59. The second-order valence-electron chi connectivity index (χ2n) is 5.35. The second-order valence-corrected chi connectivity index (χ2v) is 7.58. The number of thiophene rings is 1. The Bertz CT molecular complexity index is 707. The van der Waals surface area contributed by atoms with Crippen LogP contribution in [0.15, 0.2) is 17.5 Å². The number of aryl methyl sites for hydroxylation is 1. The fourth-order valence-corrected chi connectivity index (χ4v) is 3.98. The van der Waals surface area contributed by atoms with Crippen LogP contribution in [0.5, 0.6) is 0 Å². The maximum absolute atomic E-state index is 11.8. The van der Waals surface area contributed by atoms with Gasteiger partial charge in [-0.25, -0.2) is 4.98 Å². The summed E-state index contributed by atoms with van der Waals surface area (Å²) in [6.07, 6.45) is 1.22. The molecule has 5 nitrogen and oxygen atoms in total. The van der Waals surface area contributed by atoms with Crippen molar-refractivity contribution in [2.24, 2.45) is 11.8 Å². The largest absolute Gasteiger partial charge is 0.481 e. The highest BCUT2D eigenvalue weighted by atomic mass is 32.1. The lowest BCUT2D eigenvalue weighted by Crippen LogP contribution is -2.28. The Kier molecular flexibility index (Phi) is 4.26. The summed E-state index contributed by atoms with van der Waals surface area (Å²) in [5.41, 5.74) is 1.00. The molecule has 1 saturated carbocycles. The summed E-state index contributed by atoms with van der Waals surface area (Å²) in [6, 6.07) is 4.11. The van der Waals surface area contributed by atoms with Crippen LogP contribution in [0.1, 0.15) is 16.3 Å². The number of hydrogen-bond acceptors (Lipinski definition) is 5. The summed E-state index contributed by atoms with van der Waals surface area (Å²) in [7, 11) is 0. The average Bonchev–Trinajstić information content (AvgIpc) is 2.97. The Morgan fingerprint density at radius 1 is 1.41 bits per heavy atom. The number of carbonyl (C=O) groups is 2. The smallest absolute Gasteiger partial charge is 0.307 e. The highest BCUT2D eigenvalue weighted by molar-refractivity contribution is 7.16. The zero-order valence-electron chi connectivity index (χ0n) is 12.0. The molecule has 116 valence electrons. The van der Waals surface area contributed by atoms with Crippen molar-refractivity contribution < 1.29 is 14.7 Å². The number of amides is 1. The van der Waals surface area contributed by atoms with Gasteiger partial charge < -0.3 is 10.4 Å². The van der Waals surface area contributed by atoms with Crippen molar-refractivity contribution >= 4 is 34.6 Å². The summed E-state index contributed by atoms with van der Waals surface area (Å²) in [4.78, 5) is 29.3. The topological polar surface area (TPSA) is 79.3 Å². The lowest BCUT2D eigenvalue weighted by atomic mass is 10.3. The maximum Gasteiger partial charge on any atom is 0.307 e. The van der Waals surface area contributed by atoms with Crippen molar-refractivity contribution in [3.8, 4) is 10.6 Å². The molecule has 1 aliphatic rings. The van der Waals surface area contributed by atoms with Gasteiger partial charge in [0.2, 0.25) is 5.91 Å². The van der Waals surface area contributed by atoms with E-state index >= 15 is 0 Å². The van der Waals surface area contributed by atoms with Crippen LogP contribution in [0.25, 0.3) is 10.6 Å². The fourth-order valence-electron chi connectivity index (χ4n) is 2.32. The van der Waals surface area contributed by atoms with Crippen LogP contribution < -0.4 is 5.32 Å². The van der Waals surface area contributed by atoms with E-state index in [-0.39, 0.29) is 11.8 Å². The molecule has 0 aromatic carbocycles. The van der Waals surface area contributed by atoms with Gasteiger partial charge >= 0.3 is 5.97 Å². The molecule has 1 aliphatic carbocycles. The number of hydrogen-bond donors (Lipinski definition) is 2. The van der Waals surface area contributed by atoms with Crippen molar-refractivity contribution in [1.29, 1.82) is 0 Å². The van der Waals surface area contributed by atoms with Crippen LogP contribution in [0.3, 0.4) is 0 Å². The number of thiazole rings is 1. The standard InChI is InChI=1S/C15H16N2O3S2/c1-8-17-12(7-21-8)13-3-2-9(22-13)4-5-16-14(18)10-6-11(10)15(19)20/h2-3,7,10-11H,4-6H2,1H3,(H,16,18)(H,19,20)/t10-,11-/m0/s1. The first kappa shape index (κ1) is 15.2. The van der Waals surface area contributed by atoms with E-state index in [4.69, 9.17) is 5.11 Å². The van der Waals surface area contributed by atoms with Crippen LogP contribution in [0.2, 0.25) is 0 Å². The minimum absolute atomic E-state index is 0.140. The lowest BCUT2D eigenvalue weighted by molar-refractivity contribution is -0.140. The lowest BCUT2D eigenvalue weighted by Gasteiger charge is -2.02. The SMILES string of the molecule is Cc1nc(-c2ccc(CCNC(=O)[C@H]3C[C@@H]3C(=O)O)s2)cs1. The Morgan fingerprint density at radius 2 is 2.23 bits per heavy atom. The van der Waals surface area contributed by atoms with Crippen molar-refractivity contribution in [2.75, 3.05) is 6.54 Å². The van der Waals surface area contributed by atoms with Crippen molar-refractivity contribution in [3.63, 3.8) is 0 Å². The van der Waals surface area contributed by atoms with Gasteiger partial charge in [-0.3, -0.25) is 9.59 Å². The van der Waals surface area contributed by atoms with Gasteiger partial charge in [0.25, 0.3) is 0 Å². The van der Waals surface area contributed by atoms with Gasteiger partial charge in [-0.05, 0) is 31.9 Å². The van der Waals surface area contributed by atoms with Crippen LogP contribution in [-0.2, 0) is 16.0 Å². The molecule has 3 rings (SSSR count). The van der Waals surface area contributed by atoms with Gasteiger partial charge in [0.05, 0.1) is 27.4 Å². The van der Waals surface area contributed by atoms with E-state index in [0.29, 0.717) is 13.0 Å². The number of carbonyl (C=O) groups excluding carboxylic acids is 1. The first-order chi connectivity index (χ1) is 10.5. The molecule has 2 N–H and O–H groups in total. The van der Waals surface area contributed by atoms with E-state index < -0.39 is 11.9 Å². The van der Waals surface area contributed by atoms with Gasteiger partial charge in [-0.15, -0.1) is 22.7 Å². The Labute approximate surface area is 136 Å². The van der Waals surface area contributed by atoms with E-state index in [1.54, 1.807) is 22.7 Å². The summed E-state index contributed by atoms with van der Waals surface area (Å²) < 4.78 is 0. The molecule has 22 heavy (non-hydrogen) atoms. The molecule has 0 spiro atoms. The summed E-state index contributed by atoms with van der Waals surface area (Å²) >= 11 is 3.31. The highest BCUT2D eigenvalue weighted by Crippen LogP contribution is 2.38. The summed E-state index contributed by atoms with van der Waals surface area (Å²) in [5.74, 6) is -1.84. The Morgan fingerprint density at radius 3 is 2.86 bits per heavy atom. The summed E-state index contributed by atoms with van der Waals surface area (Å²) in [6.45, 7) is 2.53. The number of rotatable bonds is 6. The molecular formula is C15H16N2O3S2. The van der Waals surface area contributed by atoms with Crippen LogP contribution in [-0.4, -0.2) is 28.5 Å². The molecule has 7 heteroatoms. The minimum Gasteiger partial charge on any atom is -0.481 e. The predicted molar refractivity (Wildman–Crippen MR) is 86.1 cm³/mol. The van der Waals surface area contributed by atoms with E-state index in [2.05, 4.69) is 22.4 Å². The number of aromatic nitrogens is 1. The second kappa shape index (κ2) is 6.18. The van der Waals surface area contributed by atoms with Gasteiger partial charge in [0, 0.05) is 16.8 Å². The quantitative estimate of drug-likeness (QED) is 0.850. The van der Waals surface area contributed by atoms with Gasteiger partial charge in [-0.1, -0.05) is 0 Å². The average molecular weight is 336 g/mol. The third kappa shape index (κ3) is 3.36. The maximum atomic E-state index is 11.8. The molecule has 0 saturated heterocycles. The predicted octanol–water partition coefficient (Wildman–Crippen LogP) is 2.56. The fraction of sp³-hybridized carbons (Fsp3) is 0.400. The highest BCUT2D eigenvalue weighted by Gasteiger charge is 2.48. The molecule has 0 bridgehead atoms. The molecule has 1 amide bonds. The molecule has 2 aromatic heterocycles. The third-order valence-electron chi connectivity index (χ3n) is 3.65. The first-order valence-corrected chi connectivity index (χ1v) is 8.76. The number of aliphatic carboxylic acids is 1. The van der Waals surface area contributed by atoms with E-state index in [9.17, 15) is 9.59 Å². The van der Waals surface area contributed by atoms with Gasteiger partial charge in [-0.2, -0.15) is 0 Å². The molecular weight excluding hydrogens is 320 g/mol. The van der Waals surface area contributed by atoms with Crippen LogP contribution >= 0.6 is 22.7 Å². The van der Waals surface area contributed by atoms with Gasteiger partial charge in [0.1, 0.15) is 0 Å². The molecule has 0 unspecified atom stereocenters. The van der Waals surface area contributed by atoms with Gasteiger partial charge in [0.15, 0.2) is 0 Å². The van der Waals surface area contributed by atoms with E-state index in [1.807, 2.05) is 12.3 Å². The van der Waals surface area contributed by atoms with Crippen LogP contribution in [0.4, 0.5) is 0 Å². The van der Waals surface area contributed by atoms with Crippen LogP contribution in [0, 0.1) is 18.8 Å². The number of nitrogens with one attached hydrogen (secondary N) is 1. The Balaban J connectivity index is 1.48. The molecule has 2 atom stereocenters. The summed E-state index contributed by atoms with van der Waals surface area (Å²) in [5, 5.41) is 14.7. The van der Waals surface area contributed by atoms with E-state index in [0.717, 1.165) is 22.0 Å². The number of carboxylic acid groups (broad SMARTS) is 1. The van der Waals surface area contributed by atoms with Crippen molar-refractivity contribution in [1.82, 2.24) is 10.3 Å². The zero-order chi connectivity index (χ0) is 15.7. The number of carboxylic acids is 1. The molecule has 2 heterocycles.